The average molecular weight is 540 g/mol. The van der Waals surface area contributed by atoms with Gasteiger partial charge >= 0.3 is 0 Å². The van der Waals surface area contributed by atoms with E-state index in [0.717, 1.165) is 26.7 Å². The van der Waals surface area contributed by atoms with Crippen LogP contribution in [-0.4, -0.2) is 17.6 Å². The first kappa shape index (κ1) is 23.1. The maximum Gasteiger partial charge on any atom is 0.239 e. The summed E-state index contributed by atoms with van der Waals surface area (Å²) in [6, 6.07) is 27.1. The Labute approximate surface area is 219 Å². The van der Waals surface area contributed by atoms with Crippen LogP contribution in [0.25, 0.3) is 11.1 Å². The minimum absolute atomic E-state index is 0.0308. The molecule has 4 unspecified atom stereocenters. The quantitative estimate of drug-likeness (QED) is 0.345. The zero-order valence-electron chi connectivity index (χ0n) is 20.2. The fraction of sp³-hybridized carbons (Fsp3) is 0.258. The maximum atomic E-state index is 14.7. The van der Waals surface area contributed by atoms with Crippen molar-refractivity contribution in [1.29, 1.82) is 0 Å². The van der Waals surface area contributed by atoms with Gasteiger partial charge in [-0.1, -0.05) is 96.5 Å². The topological polar surface area (TPSA) is 54.5 Å². The van der Waals surface area contributed by atoms with Crippen LogP contribution in [0.5, 0.6) is 0 Å². The number of carbonyl (C=O) groups is 3. The van der Waals surface area contributed by atoms with E-state index in [1.165, 1.54) is 4.90 Å². The summed E-state index contributed by atoms with van der Waals surface area (Å²) in [5, 5.41) is 0. The summed E-state index contributed by atoms with van der Waals surface area (Å²) in [7, 11) is 0. The second-order valence-electron chi connectivity index (χ2n) is 9.91. The summed E-state index contributed by atoms with van der Waals surface area (Å²) in [5.74, 6) is -1.94. The van der Waals surface area contributed by atoms with Gasteiger partial charge in [-0.3, -0.25) is 14.4 Å². The van der Waals surface area contributed by atoms with Crippen LogP contribution in [0.15, 0.2) is 89.4 Å². The van der Waals surface area contributed by atoms with E-state index in [1.54, 1.807) is 12.1 Å². The highest BCUT2D eigenvalue weighted by Crippen LogP contribution is 2.75. The van der Waals surface area contributed by atoms with Crippen molar-refractivity contribution >= 4 is 50.4 Å². The molecule has 1 aliphatic heterocycles. The first-order valence-electron chi connectivity index (χ1n) is 12.5. The summed E-state index contributed by atoms with van der Waals surface area (Å²) in [5.41, 5.74) is 2.16. The van der Waals surface area contributed by atoms with E-state index in [2.05, 4.69) is 15.9 Å². The van der Waals surface area contributed by atoms with Crippen LogP contribution in [0.1, 0.15) is 37.8 Å². The lowest BCUT2D eigenvalue weighted by Gasteiger charge is -2.38. The van der Waals surface area contributed by atoms with Crippen molar-refractivity contribution in [3.63, 3.8) is 0 Å². The molecule has 3 aromatic carbocycles. The molecule has 5 heteroatoms. The molecule has 1 saturated carbocycles. The van der Waals surface area contributed by atoms with Crippen molar-refractivity contribution in [3.05, 3.63) is 101 Å². The van der Waals surface area contributed by atoms with E-state index in [9.17, 15) is 14.4 Å². The van der Waals surface area contributed by atoms with E-state index >= 15 is 0 Å². The molecule has 180 valence electrons. The van der Waals surface area contributed by atoms with Crippen molar-refractivity contribution < 1.29 is 14.4 Å². The first-order valence-corrected chi connectivity index (χ1v) is 13.3. The number of nitrogens with zero attached hydrogens (tertiary/aromatic N) is 1. The van der Waals surface area contributed by atoms with Crippen molar-refractivity contribution in [2.45, 2.75) is 26.7 Å². The number of amides is 2. The number of carbonyl (C=O) groups excluding carboxylic acids is 3. The molecule has 0 radical (unpaired) electrons. The first-order chi connectivity index (χ1) is 17.4. The SMILES string of the molecule is CCC12C(=O)C(CC)(C(c3ccccc3)=C1c1ccccc1)C1C(=O)N(c3cccc(Br)c3)C(=O)C12. The van der Waals surface area contributed by atoms with Gasteiger partial charge in [-0.2, -0.15) is 0 Å². The van der Waals surface area contributed by atoms with Crippen LogP contribution in [0.3, 0.4) is 0 Å². The van der Waals surface area contributed by atoms with E-state index in [-0.39, 0.29) is 17.6 Å². The van der Waals surface area contributed by atoms with Crippen LogP contribution in [0.2, 0.25) is 0 Å². The van der Waals surface area contributed by atoms with E-state index in [0.29, 0.717) is 18.5 Å². The third-order valence-electron chi connectivity index (χ3n) is 8.63. The van der Waals surface area contributed by atoms with Gasteiger partial charge in [0.1, 0.15) is 0 Å². The minimum Gasteiger partial charge on any atom is -0.298 e. The third kappa shape index (κ3) is 2.67. The number of ketones is 1. The molecular weight excluding hydrogens is 514 g/mol. The molecule has 0 spiro atoms. The van der Waals surface area contributed by atoms with Gasteiger partial charge in [-0.05, 0) is 53.3 Å². The number of benzene rings is 3. The Morgan fingerprint density at radius 1 is 0.694 bits per heavy atom. The lowest BCUT2D eigenvalue weighted by atomic mass is 9.60. The summed E-state index contributed by atoms with van der Waals surface area (Å²) in [6.07, 6.45) is 0.918. The Morgan fingerprint density at radius 3 is 1.58 bits per heavy atom. The van der Waals surface area contributed by atoms with E-state index in [1.807, 2.05) is 86.6 Å². The molecule has 2 amide bonds. The molecule has 1 saturated heterocycles. The summed E-state index contributed by atoms with van der Waals surface area (Å²) < 4.78 is 0.792. The minimum atomic E-state index is -1.05. The molecule has 3 aromatic rings. The molecule has 0 N–H and O–H groups in total. The molecule has 2 aliphatic carbocycles. The van der Waals surface area contributed by atoms with Gasteiger partial charge in [-0.25, -0.2) is 4.90 Å². The van der Waals surface area contributed by atoms with Gasteiger partial charge < -0.3 is 0 Å². The number of imide groups is 1. The molecule has 2 fully saturated rings. The second-order valence-corrected chi connectivity index (χ2v) is 10.8. The van der Waals surface area contributed by atoms with Crippen LogP contribution in [0.4, 0.5) is 5.69 Å². The number of fused-ring (bicyclic) bond motifs is 5. The Balaban J connectivity index is 1.68. The molecule has 0 aromatic heterocycles. The highest BCUT2D eigenvalue weighted by Gasteiger charge is 2.80. The molecule has 2 bridgehead atoms. The van der Waals surface area contributed by atoms with Crippen molar-refractivity contribution in [1.82, 2.24) is 0 Å². The standard InChI is InChI=1S/C31H26BrNO3/c1-3-30-23(19-12-7-5-8-13-19)24(20-14-9-6-10-15-20)31(4-2,29(30)36)26-25(30)27(34)33(28(26)35)22-17-11-16-21(32)18-22/h5-18,25-26H,3-4H2,1-2H3. The smallest absolute Gasteiger partial charge is 0.239 e. The lowest BCUT2D eigenvalue weighted by molar-refractivity contribution is -0.134. The van der Waals surface area contributed by atoms with Gasteiger partial charge in [0, 0.05) is 4.47 Å². The highest BCUT2D eigenvalue weighted by molar-refractivity contribution is 9.10. The molecule has 4 nitrogen and oxygen atoms in total. The maximum absolute atomic E-state index is 14.7. The zero-order valence-corrected chi connectivity index (χ0v) is 21.8. The highest BCUT2D eigenvalue weighted by atomic mass is 79.9. The number of allylic oxidation sites excluding steroid dienone is 2. The van der Waals surface area contributed by atoms with Gasteiger partial charge in [0.15, 0.2) is 5.78 Å². The molecule has 4 atom stereocenters. The molecular formula is C31H26BrNO3. The van der Waals surface area contributed by atoms with Crippen LogP contribution >= 0.6 is 15.9 Å². The third-order valence-corrected chi connectivity index (χ3v) is 9.12. The van der Waals surface area contributed by atoms with E-state index in [4.69, 9.17) is 0 Å². The zero-order chi connectivity index (χ0) is 25.2. The number of anilines is 1. The van der Waals surface area contributed by atoms with Crippen LogP contribution in [0, 0.1) is 22.7 Å². The monoisotopic (exact) mass is 539 g/mol. The summed E-state index contributed by atoms with van der Waals surface area (Å²) in [6.45, 7) is 3.97. The van der Waals surface area contributed by atoms with Crippen molar-refractivity contribution in [3.8, 4) is 0 Å². The Bertz CT molecular complexity index is 1360. The average Bonchev–Trinajstić information content (AvgIpc) is 3.40. The van der Waals surface area contributed by atoms with Gasteiger partial charge in [-0.15, -0.1) is 0 Å². The number of hydrogen-bond acceptors (Lipinski definition) is 3. The van der Waals surface area contributed by atoms with Crippen molar-refractivity contribution in [2.75, 3.05) is 4.90 Å². The van der Waals surface area contributed by atoms with Crippen LogP contribution < -0.4 is 4.90 Å². The fourth-order valence-corrected chi connectivity index (χ4v) is 7.71. The Morgan fingerprint density at radius 2 is 1.17 bits per heavy atom. The Kier molecular flexibility index (Phi) is 5.20. The predicted octanol–water partition coefficient (Wildman–Crippen LogP) is 6.55. The van der Waals surface area contributed by atoms with E-state index < -0.39 is 22.7 Å². The molecule has 3 aliphatic rings. The predicted molar refractivity (Wildman–Crippen MR) is 144 cm³/mol. The second kappa shape index (κ2) is 8.10. The van der Waals surface area contributed by atoms with Crippen molar-refractivity contribution in [2.24, 2.45) is 22.7 Å². The normalized spacial score (nSPS) is 28.9. The molecule has 36 heavy (non-hydrogen) atoms. The number of hydrogen-bond donors (Lipinski definition) is 0. The lowest BCUT2D eigenvalue weighted by Crippen LogP contribution is -2.41. The number of Topliss-reactive ketones (excluding diaryl/α,β-unsaturated/α-hetero) is 1. The molecule has 6 rings (SSSR count). The largest absolute Gasteiger partial charge is 0.298 e. The van der Waals surface area contributed by atoms with Gasteiger partial charge in [0.05, 0.1) is 28.4 Å². The van der Waals surface area contributed by atoms with Gasteiger partial charge in [0.2, 0.25) is 11.8 Å². The Hall–Kier alpha value is -3.31. The van der Waals surface area contributed by atoms with Gasteiger partial charge in [0.25, 0.3) is 0 Å². The fourth-order valence-electron chi connectivity index (χ4n) is 7.32. The summed E-state index contributed by atoms with van der Waals surface area (Å²) in [4.78, 5) is 44.4. The number of rotatable bonds is 5. The molecule has 1 heterocycles. The number of halogens is 1. The van der Waals surface area contributed by atoms with Crippen LogP contribution in [-0.2, 0) is 14.4 Å². The summed E-state index contributed by atoms with van der Waals surface area (Å²) >= 11 is 3.47.